The third-order valence-electron chi connectivity index (χ3n) is 2.88. The molecule has 13 heavy (non-hydrogen) atoms. The maximum atomic E-state index is 11.6. The number of rotatable bonds is 1. The van der Waals surface area contributed by atoms with Gasteiger partial charge < -0.3 is 10.6 Å². The molecule has 1 aliphatic rings. The van der Waals surface area contributed by atoms with Gasteiger partial charge in [-0.25, -0.2) is 0 Å². The molecule has 1 rings (SSSR count). The number of amides is 1. The monoisotopic (exact) mass is 184 g/mol. The van der Waals surface area contributed by atoms with Crippen LogP contribution in [0.2, 0.25) is 0 Å². The fraction of sp³-hybridized carbons (Fsp3) is 0.900. The highest BCUT2D eigenvalue weighted by molar-refractivity contribution is 5.76. The van der Waals surface area contributed by atoms with Gasteiger partial charge in [0.25, 0.3) is 0 Å². The summed E-state index contributed by atoms with van der Waals surface area (Å²) in [6.45, 7) is 6.86. The highest BCUT2D eigenvalue weighted by atomic mass is 16.2. The van der Waals surface area contributed by atoms with Gasteiger partial charge in [-0.15, -0.1) is 0 Å². The number of carbonyl (C=O) groups excluding carboxylic acids is 1. The van der Waals surface area contributed by atoms with Gasteiger partial charge in [0, 0.05) is 24.5 Å². The molecule has 0 aromatic rings. The summed E-state index contributed by atoms with van der Waals surface area (Å²) >= 11 is 0. The van der Waals surface area contributed by atoms with E-state index in [-0.39, 0.29) is 17.5 Å². The van der Waals surface area contributed by atoms with Crippen molar-refractivity contribution >= 4 is 5.91 Å². The van der Waals surface area contributed by atoms with Crippen LogP contribution in [0.25, 0.3) is 0 Å². The summed E-state index contributed by atoms with van der Waals surface area (Å²) < 4.78 is 0. The van der Waals surface area contributed by atoms with Gasteiger partial charge in [0.05, 0.1) is 0 Å². The molecule has 1 atom stereocenters. The van der Waals surface area contributed by atoms with Crippen LogP contribution >= 0.6 is 0 Å². The van der Waals surface area contributed by atoms with Crippen molar-refractivity contribution in [1.82, 2.24) is 4.90 Å². The highest BCUT2D eigenvalue weighted by Crippen LogP contribution is 2.27. The molecule has 1 unspecified atom stereocenters. The first-order chi connectivity index (χ1) is 5.97. The van der Waals surface area contributed by atoms with E-state index in [2.05, 4.69) is 13.8 Å². The number of nitrogens with two attached hydrogens (primary N) is 1. The SMILES string of the molecule is CCC(=O)N1CC(N)CCC1(C)C. The Hall–Kier alpha value is -0.570. The van der Waals surface area contributed by atoms with Crippen LogP contribution in [0.5, 0.6) is 0 Å². The van der Waals surface area contributed by atoms with Crippen LogP contribution in [0.15, 0.2) is 0 Å². The van der Waals surface area contributed by atoms with E-state index in [0.717, 1.165) is 19.4 Å². The first kappa shape index (κ1) is 10.5. The van der Waals surface area contributed by atoms with Gasteiger partial charge in [-0.05, 0) is 26.7 Å². The van der Waals surface area contributed by atoms with Gasteiger partial charge in [0.1, 0.15) is 0 Å². The molecule has 0 aromatic carbocycles. The molecule has 3 heteroatoms. The van der Waals surface area contributed by atoms with Crippen molar-refractivity contribution in [3.63, 3.8) is 0 Å². The minimum Gasteiger partial charge on any atom is -0.336 e. The summed E-state index contributed by atoms with van der Waals surface area (Å²) in [5, 5.41) is 0. The van der Waals surface area contributed by atoms with Gasteiger partial charge in [-0.2, -0.15) is 0 Å². The van der Waals surface area contributed by atoms with E-state index in [1.54, 1.807) is 0 Å². The number of piperidine rings is 1. The fourth-order valence-corrected chi connectivity index (χ4v) is 1.88. The molecule has 0 spiro atoms. The second-order valence-electron chi connectivity index (χ2n) is 4.47. The average molecular weight is 184 g/mol. The van der Waals surface area contributed by atoms with E-state index in [4.69, 9.17) is 5.73 Å². The second kappa shape index (κ2) is 3.66. The summed E-state index contributed by atoms with van der Waals surface area (Å²) in [5.41, 5.74) is 5.85. The van der Waals surface area contributed by atoms with Crippen LogP contribution < -0.4 is 5.73 Å². The Bertz CT molecular complexity index is 201. The topological polar surface area (TPSA) is 46.3 Å². The van der Waals surface area contributed by atoms with E-state index >= 15 is 0 Å². The third-order valence-corrected chi connectivity index (χ3v) is 2.88. The third kappa shape index (κ3) is 2.21. The lowest BCUT2D eigenvalue weighted by atomic mass is 9.88. The predicted octanol–water partition coefficient (Wildman–Crippen LogP) is 1.12. The number of nitrogens with zero attached hydrogens (tertiary/aromatic N) is 1. The summed E-state index contributed by atoms with van der Waals surface area (Å²) in [6, 6.07) is 0.170. The lowest BCUT2D eigenvalue weighted by Crippen LogP contribution is -2.56. The zero-order valence-electron chi connectivity index (χ0n) is 8.84. The Morgan fingerprint density at radius 2 is 2.23 bits per heavy atom. The minimum atomic E-state index is 0.00294. The molecule has 3 nitrogen and oxygen atoms in total. The maximum Gasteiger partial charge on any atom is 0.222 e. The molecule has 1 fully saturated rings. The van der Waals surface area contributed by atoms with Crippen molar-refractivity contribution in [2.45, 2.75) is 51.6 Å². The number of hydrogen-bond donors (Lipinski definition) is 1. The fourth-order valence-electron chi connectivity index (χ4n) is 1.88. The Balaban J connectivity index is 2.72. The normalized spacial score (nSPS) is 27.4. The molecular formula is C10H20N2O. The molecule has 1 amide bonds. The molecule has 1 heterocycles. The van der Waals surface area contributed by atoms with Crippen LogP contribution in [0, 0.1) is 0 Å². The smallest absolute Gasteiger partial charge is 0.222 e. The second-order valence-corrected chi connectivity index (χ2v) is 4.47. The van der Waals surface area contributed by atoms with Gasteiger partial charge in [0.15, 0.2) is 0 Å². The molecule has 0 aromatic heterocycles. The lowest BCUT2D eigenvalue weighted by molar-refractivity contribution is -0.138. The van der Waals surface area contributed by atoms with Crippen LogP contribution in [0.1, 0.15) is 40.0 Å². The first-order valence-electron chi connectivity index (χ1n) is 5.03. The predicted molar refractivity (Wildman–Crippen MR) is 53.3 cm³/mol. The van der Waals surface area contributed by atoms with Crippen molar-refractivity contribution in [2.24, 2.45) is 5.73 Å². The van der Waals surface area contributed by atoms with Gasteiger partial charge in [0.2, 0.25) is 5.91 Å². The largest absolute Gasteiger partial charge is 0.336 e. The van der Waals surface area contributed by atoms with Crippen LogP contribution in [-0.2, 0) is 4.79 Å². The van der Waals surface area contributed by atoms with Crippen LogP contribution in [-0.4, -0.2) is 28.9 Å². The minimum absolute atomic E-state index is 0.00294. The molecule has 2 N–H and O–H groups in total. The summed E-state index contributed by atoms with van der Waals surface area (Å²) in [4.78, 5) is 13.5. The van der Waals surface area contributed by atoms with Crippen molar-refractivity contribution < 1.29 is 4.79 Å². The Kier molecular flexibility index (Phi) is 2.96. The van der Waals surface area contributed by atoms with E-state index in [9.17, 15) is 4.79 Å². The molecule has 0 radical (unpaired) electrons. The molecule has 1 aliphatic heterocycles. The number of carbonyl (C=O) groups is 1. The van der Waals surface area contributed by atoms with Crippen LogP contribution in [0.4, 0.5) is 0 Å². The lowest BCUT2D eigenvalue weighted by Gasteiger charge is -2.44. The van der Waals surface area contributed by atoms with Crippen molar-refractivity contribution in [3.8, 4) is 0 Å². The summed E-state index contributed by atoms with van der Waals surface area (Å²) in [7, 11) is 0. The number of likely N-dealkylation sites (tertiary alicyclic amines) is 1. The molecule has 0 bridgehead atoms. The van der Waals surface area contributed by atoms with Gasteiger partial charge in [-0.3, -0.25) is 4.79 Å². The zero-order valence-corrected chi connectivity index (χ0v) is 8.84. The highest BCUT2D eigenvalue weighted by Gasteiger charge is 2.34. The van der Waals surface area contributed by atoms with Gasteiger partial charge >= 0.3 is 0 Å². The molecule has 1 saturated heterocycles. The Labute approximate surface area is 80.3 Å². The van der Waals surface area contributed by atoms with Crippen molar-refractivity contribution in [3.05, 3.63) is 0 Å². The maximum absolute atomic E-state index is 11.6. The van der Waals surface area contributed by atoms with Crippen molar-refractivity contribution in [2.75, 3.05) is 6.54 Å². The molecule has 0 saturated carbocycles. The van der Waals surface area contributed by atoms with E-state index < -0.39 is 0 Å². The quantitative estimate of drug-likeness (QED) is 0.664. The molecule has 76 valence electrons. The summed E-state index contributed by atoms with van der Waals surface area (Å²) in [5.74, 6) is 0.222. The molecular weight excluding hydrogens is 164 g/mol. The van der Waals surface area contributed by atoms with Crippen LogP contribution in [0.3, 0.4) is 0 Å². The van der Waals surface area contributed by atoms with Gasteiger partial charge in [-0.1, -0.05) is 6.92 Å². The average Bonchev–Trinajstić information content (AvgIpc) is 2.08. The summed E-state index contributed by atoms with van der Waals surface area (Å²) in [6.07, 6.45) is 2.62. The Morgan fingerprint density at radius 1 is 1.62 bits per heavy atom. The first-order valence-corrected chi connectivity index (χ1v) is 5.03. The Morgan fingerprint density at radius 3 is 2.77 bits per heavy atom. The zero-order chi connectivity index (χ0) is 10.1. The number of hydrogen-bond acceptors (Lipinski definition) is 2. The van der Waals surface area contributed by atoms with E-state index in [1.807, 2.05) is 11.8 Å². The van der Waals surface area contributed by atoms with Crippen molar-refractivity contribution in [1.29, 1.82) is 0 Å². The standard InChI is InChI=1S/C10H20N2O/c1-4-9(13)12-7-8(11)5-6-10(12,2)3/h8H,4-7,11H2,1-3H3. The van der Waals surface area contributed by atoms with E-state index in [1.165, 1.54) is 0 Å². The van der Waals surface area contributed by atoms with E-state index in [0.29, 0.717) is 6.42 Å². The molecule has 0 aliphatic carbocycles.